The second kappa shape index (κ2) is 9.87. The van der Waals surface area contributed by atoms with Crippen LogP contribution in [0.1, 0.15) is 36.1 Å². The van der Waals surface area contributed by atoms with Crippen LogP contribution >= 0.6 is 0 Å². The number of nitrogens with zero attached hydrogens (tertiary/aromatic N) is 2. The summed E-state index contributed by atoms with van der Waals surface area (Å²) in [4.78, 5) is 5.37. The highest BCUT2D eigenvalue weighted by molar-refractivity contribution is 5.19. The first-order chi connectivity index (χ1) is 14.3. The van der Waals surface area contributed by atoms with E-state index in [1.165, 1.54) is 23.1 Å². The molecule has 0 aliphatic carbocycles. The molecule has 1 aliphatic heterocycles. The second-order valence-electron chi connectivity index (χ2n) is 8.22. The Kier molecular flexibility index (Phi) is 6.76. The standard InChI is InChI=1S/C27H32N2/c1-23(26-15-9-4-10-16-26)28-19-20-29(21-25-13-7-3-8-14-25)27(22-28)18-17-24-11-5-2-6-12-24/h2-16,23,27H,17-22H2,1H3/t23-,27+/m1/s1. The van der Waals surface area contributed by atoms with Crippen molar-refractivity contribution >= 4 is 0 Å². The van der Waals surface area contributed by atoms with Gasteiger partial charge in [0.15, 0.2) is 0 Å². The van der Waals surface area contributed by atoms with Crippen LogP contribution in [-0.4, -0.2) is 35.5 Å². The minimum Gasteiger partial charge on any atom is -0.294 e. The van der Waals surface area contributed by atoms with Gasteiger partial charge in [-0.15, -0.1) is 0 Å². The molecule has 150 valence electrons. The van der Waals surface area contributed by atoms with Gasteiger partial charge in [-0.05, 0) is 36.5 Å². The topological polar surface area (TPSA) is 6.48 Å². The highest BCUT2D eigenvalue weighted by Gasteiger charge is 2.29. The maximum atomic E-state index is 2.70. The van der Waals surface area contributed by atoms with Gasteiger partial charge in [0.05, 0.1) is 0 Å². The number of hydrogen-bond donors (Lipinski definition) is 0. The average Bonchev–Trinajstić information content (AvgIpc) is 2.80. The summed E-state index contributed by atoms with van der Waals surface area (Å²) in [5, 5.41) is 0. The van der Waals surface area contributed by atoms with E-state index < -0.39 is 0 Å². The van der Waals surface area contributed by atoms with Crippen LogP contribution in [-0.2, 0) is 13.0 Å². The van der Waals surface area contributed by atoms with E-state index in [1.807, 2.05) is 0 Å². The maximum absolute atomic E-state index is 2.70. The average molecular weight is 385 g/mol. The lowest BCUT2D eigenvalue weighted by Crippen LogP contribution is -2.53. The van der Waals surface area contributed by atoms with E-state index >= 15 is 0 Å². The predicted molar refractivity (Wildman–Crippen MR) is 122 cm³/mol. The molecule has 2 atom stereocenters. The Bertz CT molecular complexity index is 847. The van der Waals surface area contributed by atoms with Crippen LogP contribution in [0.4, 0.5) is 0 Å². The van der Waals surface area contributed by atoms with Gasteiger partial charge in [0.2, 0.25) is 0 Å². The number of rotatable bonds is 7. The highest BCUT2D eigenvalue weighted by Crippen LogP contribution is 2.26. The van der Waals surface area contributed by atoms with E-state index in [0.29, 0.717) is 12.1 Å². The molecule has 0 bridgehead atoms. The zero-order valence-corrected chi connectivity index (χ0v) is 17.5. The van der Waals surface area contributed by atoms with Crippen molar-refractivity contribution in [3.63, 3.8) is 0 Å². The van der Waals surface area contributed by atoms with Crippen LogP contribution in [0.2, 0.25) is 0 Å². The minimum absolute atomic E-state index is 0.467. The summed E-state index contributed by atoms with van der Waals surface area (Å²) in [7, 11) is 0. The van der Waals surface area contributed by atoms with E-state index in [1.54, 1.807) is 0 Å². The molecular weight excluding hydrogens is 352 g/mol. The first kappa shape index (κ1) is 19.9. The van der Waals surface area contributed by atoms with E-state index in [-0.39, 0.29) is 0 Å². The fraction of sp³-hybridized carbons (Fsp3) is 0.333. The molecule has 2 nitrogen and oxygen atoms in total. The molecule has 0 aromatic heterocycles. The van der Waals surface area contributed by atoms with Crippen LogP contribution in [0.5, 0.6) is 0 Å². The summed E-state index contributed by atoms with van der Waals surface area (Å²) in [6, 6.07) is 33.9. The third-order valence-corrected chi connectivity index (χ3v) is 6.30. The van der Waals surface area contributed by atoms with E-state index in [9.17, 15) is 0 Å². The number of piperazine rings is 1. The van der Waals surface area contributed by atoms with Crippen LogP contribution in [0.15, 0.2) is 91.0 Å². The van der Waals surface area contributed by atoms with Gasteiger partial charge >= 0.3 is 0 Å². The monoisotopic (exact) mass is 384 g/mol. The molecule has 3 aromatic rings. The van der Waals surface area contributed by atoms with Crippen molar-refractivity contribution in [2.45, 2.75) is 38.4 Å². The van der Waals surface area contributed by atoms with Gasteiger partial charge in [-0.1, -0.05) is 91.0 Å². The van der Waals surface area contributed by atoms with Crippen LogP contribution in [0.3, 0.4) is 0 Å². The lowest BCUT2D eigenvalue weighted by Gasteiger charge is -2.44. The minimum atomic E-state index is 0.467. The molecule has 0 unspecified atom stereocenters. The third kappa shape index (κ3) is 5.35. The molecule has 0 saturated carbocycles. The molecule has 1 fully saturated rings. The Labute approximate surface area is 175 Å². The van der Waals surface area contributed by atoms with Crippen molar-refractivity contribution in [2.24, 2.45) is 0 Å². The number of hydrogen-bond acceptors (Lipinski definition) is 2. The Balaban J connectivity index is 1.46. The summed E-state index contributed by atoms with van der Waals surface area (Å²) in [6.45, 7) is 6.80. The molecule has 0 amide bonds. The molecule has 0 spiro atoms. The third-order valence-electron chi connectivity index (χ3n) is 6.30. The molecule has 3 aromatic carbocycles. The van der Waals surface area contributed by atoms with Crippen LogP contribution in [0.25, 0.3) is 0 Å². The van der Waals surface area contributed by atoms with Crippen molar-refractivity contribution in [1.82, 2.24) is 9.80 Å². The molecule has 1 heterocycles. The Hall–Kier alpha value is -2.42. The van der Waals surface area contributed by atoms with Gasteiger partial charge in [-0.2, -0.15) is 0 Å². The van der Waals surface area contributed by atoms with E-state index in [4.69, 9.17) is 0 Å². The fourth-order valence-electron chi connectivity index (χ4n) is 4.49. The lowest BCUT2D eigenvalue weighted by atomic mass is 9.98. The molecular formula is C27H32N2. The van der Waals surface area contributed by atoms with Crippen LogP contribution in [0, 0.1) is 0 Å². The molecule has 1 aliphatic rings. The van der Waals surface area contributed by atoms with Gasteiger partial charge in [-0.3, -0.25) is 9.80 Å². The summed E-state index contributed by atoms with van der Waals surface area (Å²) in [5.74, 6) is 0. The second-order valence-corrected chi connectivity index (χ2v) is 8.22. The van der Waals surface area contributed by atoms with Crippen molar-refractivity contribution in [1.29, 1.82) is 0 Å². The van der Waals surface area contributed by atoms with Crippen molar-refractivity contribution in [3.05, 3.63) is 108 Å². The maximum Gasteiger partial charge on any atom is 0.0321 e. The van der Waals surface area contributed by atoms with Gasteiger partial charge < -0.3 is 0 Å². The predicted octanol–water partition coefficient (Wildman–Crippen LogP) is 5.57. The van der Waals surface area contributed by atoms with Gasteiger partial charge in [0.1, 0.15) is 0 Å². The van der Waals surface area contributed by atoms with Gasteiger partial charge in [0, 0.05) is 38.3 Å². The van der Waals surface area contributed by atoms with Crippen molar-refractivity contribution in [3.8, 4) is 0 Å². The molecule has 0 N–H and O–H groups in total. The van der Waals surface area contributed by atoms with Crippen LogP contribution < -0.4 is 0 Å². The first-order valence-electron chi connectivity index (χ1n) is 10.9. The molecule has 0 radical (unpaired) electrons. The normalized spacial score (nSPS) is 19.1. The van der Waals surface area contributed by atoms with Gasteiger partial charge in [0.25, 0.3) is 0 Å². The SMILES string of the molecule is C[C@H](c1ccccc1)N1CCN(Cc2ccccc2)[C@@H](CCc2ccccc2)C1. The lowest BCUT2D eigenvalue weighted by molar-refractivity contribution is 0.0428. The largest absolute Gasteiger partial charge is 0.294 e. The molecule has 2 heteroatoms. The fourth-order valence-corrected chi connectivity index (χ4v) is 4.49. The Morgan fingerprint density at radius 2 is 1.34 bits per heavy atom. The zero-order chi connectivity index (χ0) is 19.9. The Morgan fingerprint density at radius 1 is 0.759 bits per heavy atom. The van der Waals surface area contributed by atoms with Crippen molar-refractivity contribution < 1.29 is 0 Å². The van der Waals surface area contributed by atoms with E-state index in [0.717, 1.165) is 32.6 Å². The highest BCUT2D eigenvalue weighted by atomic mass is 15.3. The summed E-state index contributed by atoms with van der Waals surface area (Å²) in [5.41, 5.74) is 4.29. The zero-order valence-electron chi connectivity index (χ0n) is 17.5. The Morgan fingerprint density at radius 3 is 2.00 bits per heavy atom. The van der Waals surface area contributed by atoms with E-state index in [2.05, 4.69) is 108 Å². The van der Waals surface area contributed by atoms with Gasteiger partial charge in [-0.25, -0.2) is 0 Å². The summed E-state index contributed by atoms with van der Waals surface area (Å²) < 4.78 is 0. The first-order valence-corrected chi connectivity index (χ1v) is 10.9. The molecule has 29 heavy (non-hydrogen) atoms. The summed E-state index contributed by atoms with van der Waals surface area (Å²) in [6.07, 6.45) is 2.35. The quantitative estimate of drug-likeness (QED) is 0.526. The number of aryl methyl sites for hydroxylation is 1. The molecule has 4 rings (SSSR count). The summed E-state index contributed by atoms with van der Waals surface area (Å²) >= 11 is 0. The smallest absolute Gasteiger partial charge is 0.0321 e. The molecule has 1 saturated heterocycles. The van der Waals surface area contributed by atoms with Crippen molar-refractivity contribution in [2.75, 3.05) is 19.6 Å². The number of benzene rings is 3.